The number of ketones is 1. The molecule has 0 spiro atoms. The summed E-state index contributed by atoms with van der Waals surface area (Å²) >= 11 is 1.65. The summed E-state index contributed by atoms with van der Waals surface area (Å²) in [7, 11) is 0. The van der Waals surface area contributed by atoms with Crippen molar-refractivity contribution in [2.75, 3.05) is 12.0 Å². The summed E-state index contributed by atoms with van der Waals surface area (Å²) in [6.45, 7) is 1.49. The molecule has 1 aromatic rings. The first-order chi connectivity index (χ1) is 8.15. The molecule has 0 aliphatic carbocycles. The van der Waals surface area contributed by atoms with Gasteiger partial charge in [-0.2, -0.15) is 11.8 Å². The van der Waals surface area contributed by atoms with Crippen LogP contribution in [0.4, 0.5) is 0 Å². The summed E-state index contributed by atoms with van der Waals surface area (Å²) in [4.78, 5) is 27.1. The molecule has 1 rings (SSSR count). The van der Waals surface area contributed by atoms with Crippen LogP contribution in [0.2, 0.25) is 0 Å². The van der Waals surface area contributed by atoms with Crippen LogP contribution in [0.1, 0.15) is 23.7 Å². The van der Waals surface area contributed by atoms with Crippen molar-refractivity contribution < 1.29 is 9.59 Å². The Kier molecular flexibility index (Phi) is 5.69. The summed E-state index contributed by atoms with van der Waals surface area (Å²) in [5.74, 6) is 0.577. The number of rotatable bonds is 6. The van der Waals surface area contributed by atoms with Crippen molar-refractivity contribution in [3.05, 3.63) is 30.1 Å². The Bertz CT molecular complexity index is 381. The predicted molar refractivity (Wildman–Crippen MR) is 69.2 cm³/mol. The van der Waals surface area contributed by atoms with Crippen LogP contribution >= 0.6 is 11.8 Å². The minimum atomic E-state index is -0.407. The monoisotopic (exact) mass is 252 g/mol. The summed E-state index contributed by atoms with van der Waals surface area (Å²) in [5, 5.41) is 2.73. The van der Waals surface area contributed by atoms with Gasteiger partial charge in [0.2, 0.25) is 0 Å². The lowest BCUT2D eigenvalue weighted by molar-refractivity contribution is -0.118. The van der Waals surface area contributed by atoms with E-state index in [1.165, 1.54) is 13.1 Å². The Labute approximate surface area is 105 Å². The molecule has 1 unspecified atom stereocenters. The van der Waals surface area contributed by atoms with Gasteiger partial charge in [-0.15, -0.1) is 0 Å². The van der Waals surface area contributed by atoms with Gasteiger partial charge >= 0.3 is 0 Å². The molecule has 0 saturated heterocycles. The lowest BCUT2D eigenvalue weighted by Crippen LogP contribution is -2.40. The molecule has 0 aliphatic rings. The van der Waals surface area contributed by atoms with Crippen molar-refractivity contribution in [2.45, 2.75) is 19.4 Å². The number of thioether (sulfide) groups is 1. The third kappa shape index (κ3) is 4.56. The fourth-order valence-electron chi connectivity index (χ4n) is 1.35. The summed E-state index contributed by atoms with van der Waals surface area (Å²) in [6, 6.07) is 2.96. The van der Waals surface area contributed by atoms with E-state index in [-0.39, 0.29) is 11.7 Å². The molecule has 1 aromatic heterocycles. The number of Topliss-reactive ketones (excluding diaryl/α,β-unsaturated/α-hetero) is 1. The van der Waals surface area contributed by atoms with E-state index in [0.717, 1.165) is 5.75 Å². The summed E-state index contributed by atoms with van der Waals surface area (Å²) < 4.78 is 0. The van der Waals surface area contributed by atoms with Gasteiger partial charge in [0, 0.05) is 12.4 Å². The van der Waals surface area contributed by atoms with Gasteiger partial charge in [-0.1, -0.05) is 0 Å². The molecular formula is C12H16N2O2S. The minimum absolute atomic E-state index is 0.0173. The zero-order valence-electron chi connectivity index (χ0n) is 9.97. The fourth-order valence-corrected chi connectivity index (χ4v) is 1.82. The maximum absolute atomic E-state index is 11.8. The number of nitrogens with one attached hydrogen (secondary N) is 1. The largest absolute Gasteiger partial charge is 0.342 e. The van der Waals surface area contributed by atoms with Crippen molar-refractivity contribution in [1.82, 2.24) is 10.3 Å². The van der Waals surface area contributed by atoms with Gasteiger partial charge in [0.05, 0.1) is 11.6 Å². The lowest BCUT2D eigenvalue weighted by Gasteiger charge is -2.15. The second-order valence-corrected chi connectivity index (χ2v) is 4.65. The first kappa shape index (κ1) is 13.7. The van der Waals surface area contributed by atoms with Crippen molar-refractivity contribution >= 4 is 23.5 Å². The first-order valence-corrected chi connectivity index (χ1v) is 6.75. The van der Waals surface area contributed by atoms with Crippen LogP contribution in [0.15, 0.2) is 24.5 Å². The SMILES string of the molecule is CSCCC(NC(=O)c1cccnc1)C(C)=O. The number of nitrogens with zero attached hydrogens (tertiary/aromatic N) is 1. The zero-order chi connectivity index (χ0) is 12.7. The van der Waals surface area contributed by atoms with E-state index < -0.39 is 6.04 Å². The molecule has 4 nitrogen and oxygen atoms in total. The number of amides is 1. The van der Waals surface area contributed by atoms with Gasteiger partial charge in [0.15, 0.2) is 5.78 Å². The van der Waals surface area contributed by atoms with Crippen LogP contribution in [0.25, 0.3) is 0 Å². The molecule has 92 valence electrons. The molecular weight excluding hydrogens is 236 g/mol. The van der Waals surface area contributed by atoms with Gasteiger partial charge in [-0.25, -0.2) is 0 Å². The maximum atomic E-state index is 11.8. The van der Waals surface area contributed by atoms with E-state index in [2.05, 4.69) is 10.3 Å². The normalized spacial score (nSPS) is 11.9. The number of carbonyl (C=O) groups excluding carboxylic acids is 2. The Morgan fingerprint density at radius 2 is 2.29 bits per heavy atom. The number of hydrogen-bond acceptors (Lipinski definition) is 4. The van der Waals surface area contributed by atoms with Gasteiger partial charge in [0.25, 0.3) is 5.91 Å². The van der Waals surface area contributed by atoms with Crippen LogP contribution in [0.3, 0.4) is 0 Å². The summed E-state index contributed by atoms with van der Waals surface area (Å²) in [5.41, 5.74) is 0.475. The molecule has 1 amide bonds. The fraction of sp³-hybridized carbons (Fsp3) is 0.417. The third-order valence-corrected chi connectivity index (χ3v) is 2.97. The molecule has 0 aliphatic heterocycles. The van der Waals surface area contributed by atoms with Crippen LogP contribution < -0.4 is 5.32 Å². The highest BCUT2D eigenvalue weighted by Crippen LogP contribution is 2.04. The molecule has 5 heteroatoms. The van der Waals surface area contributed by atoms with Crippen LogP contribution in [-0.4, -0.2) is 34.7 Å². The van der Waals surface area contributed by atoms with Crippen molar-refractivity contribution in [3.63, 3.8) is 0 Å². The minimum Gasteiger partial charge on any atom is -0.342 e. The molecule has 1 atom stereocenters. The highest BCUT2D eigenvalue weighted by Gasteiger charge is 2.17. The van der Waals surface area contributed by atoms with E-state index in [1.54, 1.807) is 30.1 Å². The quantitative estimate of drug-likeness (QED) is 0.834. The number of pyridine rings is 1. The van der Waals surface area contributed by atoms with Gasteiger partial charge in [-0.05, 0) is 37.5 Å². The highest BCUT2D eigenvalue weighted by molar-refractivity contribution is 7.98. The average Bonchev–Trinajstić information content (AvgIpc) is 2.35. The molecule has 0 bridgehead atoms. The second-order valence-electron chi connectivity index (χ2n) is 3.66. The molecule has 0 saturated carbocycles. The Hall–Kier alpha value is -1.36. The molecule has 0 aromatic carbocycles. The van der Waals surface area contributed by atoms with E-state index >= 15 is 0 Å². The predicted octanol–water partition coefficient (Wildman–Crippen LogP) is 1.52. The Morgan fingerprint density at radius 1 is 1.53 bits per heavy atom. The Morgan fingerprint density at radius 3 is 2.82 bits per heavy atom. The third-order valence-electron chi connectivity index (χ3n) is 2.33. The standard InChI is InChI=1S/C12H16N2O2S/c1-9(15)11(5-7-17-2)14-12(16)10-4-3-6-13-8-10/h3-4,6,8,11H,5,7H2,1-2H3,(H,14,16). The van der Waals surface area contributed by atoms with Crippen LogP contribution in [-0.2, 0) is 4.79 Å². The molecule has 1 N–H and O–H groups in total. The number of hydrogen-bond donors (Lipinski definition) is 1. The average molecular weight is 252 g/mol. The van der Waals surface area contributed by atoms with Crippen molar-refractivity contribution in [1.29, 1.82) is 0 Å². The highest BCUT2D eigenvalue weighted by atomic mass is 32.2. The topological polar surface area (TPSA) is 59.1 Å². The smallest absolute Gasteiger partial charge is 0.253 e. The number of aromatic nitrogens is 1. The van der Waals surface area contributed by atoms with Gasteiger partial charge in [-0.3, -0.25) is 14.6 Å². The Balaban J connectivity index is 2.61. The lowest BCUT2D eigenvalue weighted by atomic mass is 10.1. The second kappa shape index (κ2) is 7.06. The van der Waals surface area contributed by atoms with Crippen molar-refractivity contribution in [3.8, 4) is 0 Å². The molecule has 0 fully saturated rings. The van der Waals surface area contributed by atoms with Crippen molar-refractivity contribution in [2.24, 2.45) is 0 Å². The van der Waals surface area contributed by atoms with Gasteiger partial charge < -0.3 is 5.32 Å². The summed E-state index contributed by atoms with van der Waals surface area (Å²) in [6.07, 6.45) is 5.72. The molecule has 17 heavy (non-hydrogen) atoms. The van der Waals surface area contributed by atoms with Crippen LogP contribution in [0.5, 0.6) is 0 Å². The maximum Gasteiger partial charge on any atom is 0.253 e. The van der Waals surface area contributed by atoms with E-state index in [4.69, 9.17) is 0 Å². The molecule has 1 heterocycles. The van der Waals surface area contributed by atoms with Crippen LogP contribution in [0, 0.1) is 0 Å². The van der Waals surface area contributed by atoms with E-state index in [1.807, 2.05) is 6.26 Å². The zero-order valence-corrected chi connectivity index (χ0v) is 10.8. The number of carbonyl (C=O) groups is 2. The molecule has 0 radical (unpaired) electrons. The first-order valence-electron chi connectivity index (χ1n) is 5.35. The van der Waals surface area contributed by atoms with Gasteiger partial charge in [0.1, 0.15) is 0 Å². The van der Waals surface area contributed by atoms with E-state index in [0.29, 0.717) is 12.0 Å². The van der Waals surface area contributed by atoms with E-state index in [9.17, 15) is 9.59 Å².